The zero-order valence-electron chi connectivity index (χ0n) is 19.2. The molecule has 1 saturated heterocycles. The van der Waals surface area contributed by atoms with E-state index >= 15 is 0 Å². The van der Waals surface area contributed by atoms with E-state index in [1.165, 1.54) is 17.1 Å². The maximum absolute atomic E-state index is 13.7. The number of fused-ring (bicyclic) bond motifs is 3. The Morgan fingerprint density at radius 3 is 2.59 bits per heavy atom. The van der Waals surface area contributed by atoms with E-state index in [0.29, 0.717) is 13.1 Å². The van der Waals surface area contributed by atoms with Crippen LogP contribution in [0, 0.1) is 25.6 Å². The van der Waals surface area contributed by atoms with Gasteiger partial charge in [0.1, 0.15) is 12.4 Å². The van der Waals surface area contributed by atoms with Gasteiger partial charge in [-0.3, -0.25) is 14.6 Å². The molecule has 174 valence electrons. The van der Waals surface area contributed by atoms with Crippen LogP contribution in [-0.4, -0.2) is 29.9 Å². The summed E-state index contributed by atoms with van der Waals surface area (Å²) in [6.45, 7) is 4.86. The quantitative estimate of drug-likeness (QED) is 0.604. The van der Waals surface area contributed by atoms with E-state index in [0.717, 1.165) is 33.6 Å². The van der Waals surface area contributed by atoms with Crippen molar-refractivity contribution in [2.24, 2.45) is 5.92 Å². The number of nitrogens with zero attached hydrogens (tertiary/aromatic N) is 2. The normalized spacial score (nSPS) is 19.1. The van der Waals surface area contributed by atoms with Crippen LogP contribution in [0.2, 0.25) is 0 Å². The zero-order valence-corrected chi connectivity index (χ0v) is 19.2. The molecule has 1 fully saturated rings. The summed E-state index contributed by atoms with van der Waals surface area (Å²) in [4.78, 5) is 28.1. The molecule has 2 heterocycles. The van der Waals surface area contributed by atoms with Gasteiger partial charge in [0.2, 0.25) is 11.8 Å². The topological polar surface area (TPSA) is 64.7 Å². The van der Waals surface area contributed by atoms with E-state index in [1.54, 1.807) is 6.07 Å². The van der Waals surface area contributed by atoms with E-state index in [1.807, 2.05) is 62.4 Å². The van der Waals surface area contributed by atoms with Crippen molar-refractivity contribution in [1.29, 1.82) is 0 Å². The Kier molecular flexibility index (Phi) is 5.79. The summed E-state index contributed by atoms with van der Waals surface area (Å²) in [5.41, 5.74) is 8.97. The number of carbonyl (C=O) groups is 2. The Labute approximate surface area is 198 Å². The molecule has 0 aromatic heterocycles. The van der Waals surface area contributed by atoms with Crippen molar-refractivity contribution in [3.63, 3.8) is 0 Å². The number of benzene rings is 3. The van der Waals surface area contributed by atoms with Crippen LogP contribution in [-0.2, 0) is 16.1 Å². The summed E-state index contributed by atoms with van der Waals surface area (Å²) in [6.07, 6.45) is 0. The molecule has 2 atom stereocenters. The van der Waals surface area contributed by atoms with Crippen molar-refractivity contribution < 1.29 is 14.0 Å². The number of halogens is 1. The standard InChI is InChI=1S/C27H27FN4O2/c1-17-10-18(2)12-21(11-17)29-25(33)16-32-27(34)23-15-31(14-19-6-5-7-20(28)13-19)24-9-4-3-8-22(24)26(23)30-32/h3-13,23,26,30H,14-16H2,1-2H3,(H,29,33). The van der Waals surface area contributed by atoms with Crippen molar-refractivity contribution in [1.82, 2.24) is 10.4 Å². The number of hydrazine groups is 1. The Morgan fingerprint density at radius 2 is 1.82 bits per heavy atom. The van der Waals surface area contributed by atoms with Crippen molar-refractivity contribution >= 4 is 23.2 Å². The lowest BCUT2D eigenvalue weighted by Crippen LogP contribution is -2.41. The van der Waals surface area contributed by atoms with Gasteiger partial charge in [-0.25, -0.2) is 9.82 Å². The van der Waals surface area contributed by atoms with Crippen LogP contribution < -0.4 is 15.6 Å². The van der Waals surface area contributed by atoms with E-state index in [9.17, 15) is 14.0 Å². The van der Waals surface area contributed by atoms with Gasteiger partial charge in [0, 0.05) is 24.5 Å². The molecule has 2 aliphatic rings. The van der Waals surface area contributed by atoms with Gasteiger partial charge in [-0.05, 0) is 66.4 Å². The molecule has 2 N–H and O–H groups in total. The van der Waals surface area contributed by atoms with Gasteiger partial charge in [0.05, 0.1) is 12.0 Å². The molecule has 2 amide bonds. The van der Waals surface area contributed by atoms with Gasteiger partial charge in [0.15, 0.2) is 0 Å². The van der Waals surface area contributed by atoms with Crippen molar-refractivity contribution in [2.45, 2.75) is 26.4 Å². The molecule has 0 bridgehead atoms. The van der Waals surface area contributed by atoms with Gasteiger partial charge in [-0.2, -0.15) is 0 Å². The minimum atomic E-state index is -0.336. The van der Waals surface area contributed by atoms with Crippen molar-refractivity contribution in [3.8, 4) is 0 Å². The lowest BCUT2D eigenvalue weighted by atomic mass is 9.88. The molecule has 6 nitrogen and oxygen atoms in total. The molecule has 3 aromatic carbocycles. The van der Waals surface area contributed by atoms with E-state index in [-0.39, 0.29) is 36.1 Å². The number of hydrogen-bond donors (Lipinski definition) is 2. The predicted molar refractivity (Wildman–Crippen MR) is 130 cm³/mol. The maximum atomic E-state index is 13.7. The number of para-hydroxylation sites is 1. The molecule has 34 heavy (non-hydrogen) atoms. The Balaban J connectivity index is 1.33. The Morgan fingerprint density at radius 1 is 1.06 bits per heavy atom. The first-order valence-corrected chi connectivity index (χ1v) is 11.4. The lowest BCUT2D eigenvalue weighted by Gasteiger charge is -2.36. The highest BCUT2D eigenvalue weighted by atomic mass is 19.1. The second-order valence-electron chi connectivity index (χ2n) is 9.13. The molecule has 0 aliphatic carbocycles. The van der Waals surface area contributed by atoms with Crippen LogP contribution in [0.4, 0.5) is 15.8 Å². The van der Waals surface area contributed by atoms with Gasteiger partial charge in [-0.1, -0.05) is 36.4 Å². The molecule has 2 aliphatic heterocycles. The number of nitrogens with one attached hydrogen (secondary N) is 2. The largest absolute Gasteiger partial charge is 0.366 e. The summed E-state index contributed by atoms with van der Waals surface area (Å²) in [5.74, 6) is -0.980. The van der Waals surface area contributed by atoms with Gasteiger partial charge in [0.25, 0.3) is 0 Å². The molecule has 5 rings (SSSR count). The first-order valence-electron chi connectivity index (χ1n) is 11.4. The number of aryl methyl sites for hydroxylation is 2. The number of amides is 2. The van der Waals surface area contributed by atoms with Crippen LogP contribution in [0.1, 0.15) is 28.3 Å². The SMILES string of the molecule is Cc1cc(C)cc(NC(=O)CN2NC3c4ccccc4N(Cc4cccc(F)c4)CC3C2=O)c1. The fraction of sp³-hybridized carbons (Fsp3) is 0.259. The first-order chi connectivity index (χ1) is 16.4. The average Bonchev–Trinajstić information content (AvgIpc) is 3.08. The van der Waals surface area contributed by atoms with Crippen LogP contribution in [0.5, 0.6) is 0 Å². The Hall–Kier alpha value is -3.71. The minimum Gasteiger partial charge on any atom is -0.366 e. The second-order valence-corrected chi connectivity index (χ2v) is 9.13. The second kappa shape index (κ2) is 8.91. The predicted octanol–water partition coefficient (Wildman–Crippen LogP) is 4.11. The molecule has 2 unspecified atom stereocenters. The monoisotopic (exact) mass is 458 g/mol. The number of rotatable bonds is 5. The third-order valence-electron chi connectivity index (χ3n) is 6.38. The van der Waals surface area contributed by atoms with Gasteiger partial charge >= 0.3 is 0 Å². The number of hydrogen-bond acceptors (Lipinski definition) is 4. The minimum absolute atomic E-state index is 0.0785. The van der Waals surface area contributed by atoms with Crippen molar-refractivity contribution in [2.75, 3.05) is 23.3 Å². The molecular weight excluding hydrogens is 431 g/mol. The van der Waals surface area contributed by atoms with Crippen LogP contribution >= 0.6 is 0 Å². The van der Waals surface area contributed by atoms with Crippen molar-refractivity contribution in [3.05, 3.63) is 94.8 Å². The Bertz CT molecular complexity index is 1240. The summed E-state index contributed by atoms with van der Waals surface area (Å²) >= 11 is 0. The summed E-state index contributed by atoms with van der Waals surface area (Å²) in [5, 5.41) is 4.33. The lowest BCUT2D eigenvalue weighted by molar-refractivity contribution is -0.135. The number of anilines is 2. The highest BCUT2D eigenvalue weighted by Crippen LogP contribution is 2.41. The third kappa shape index (κ3) is 4.39. The molecule has 0 radical (unpaired) electrons. The molecule has 0 spiro atoms. The maximum Gasteiger partial charge on any atom is 0.245 e. The molecule has 0 saturated carbocycles. The third-order valence-corrected chi connectivity index (χ3v) is 6.38. The van der Waals surface area contributed by atoms with Crippen LogP contribution in [0.25, 0.3) is 0 Å². The smallest absolute Gasteiger partial charge is 0.245 e. The molecule has 3 aromatic rings. The molecule has 7 heteroatoms. The van der Waals surface area contributed by atoms with E-state index in [2.05, 4.69) is 15.6 Å². The van der Waals surface area contributed by atoms with E-state index in [4.69, 9.17) is 0 Å². The van der Waals surface area contributed by atoms with E-state index < -0.39 is 0 Å². The molecular formula is C27H27FN4O2. The average molecular weight is 459 g/mol. The van der Waals surface area contributed by atoms with Crippen LogP contribution in [0.3, 0.4) is 0 Å². The zero-order chi connectivity index (χ0) is 23.8. The highest BCUT2D eigenvalue weighted by Gasteiger charge is 2.46. The van der Waals surface area contributed by atoms with Gasteiger partial charge in [-0.15, -0.1) is 0 Å². The highest BCUT2D eigenvalue weighted by molar-refractivity contribution is 5.95. The summed E-state index contributed by atoms with van der Waals surface area (Å²) in [7, 11) is 0. The fourth-order valence-corrected chi connectivity index (χ4v) is 5.03. The summed E-state index contributed by atoms with van der Waals surface area (Å²) < 4.78 is 13.7. The fourth-order valence-electron chi connectivity index (χ4n) is 5.03. The summed E-state index contributed by atoms with van der Waals surface area (Å²) in [6, 6.07) is 20.1. The van der Waals surface area contributed by atoms with Gasteiger partial charge < -0.3 is 10.2 Å². The van der Waals surface area contributed by atoms with Crippen LogP contribution in [0.15, 0.2) is 66.7 Å². The first kappa shape index (κ1) is 22.1. The number of carbonyl (C=O) groups excluding carboxylic acids is 2.